The van der Waals surface area contributed by atoms with Gasteiger partial charge in [0.05, 0.1) is 36.1 Å². The first-order valence-electron chi connectivity index (χ1n) is 8.73. The number of nitrogens with one attached hydrogen (secondary N) is 2. The molecule has 4 aromatic rings. The molecule has 0 bridgehead atoms. The van der Waals surface area contributed by atoms with Crippen LogP contribution in [-0.4, -0.2) is 50.8 Å². The summed E-state index contributed by atoms with van der Waals surface area (Å²) in [6.07, 6.45) is -1.45. The van der Waals surface area contributed by atoms with Gasteiger partial charge in [-0.25, -0.2) is 4.98 Å². The van der Waals surface area contributed by atoms with Gasteiger partial charge in [-0.2, -0.15) is 23.4 Å². The summed E-state index contributed by atoms with van der Waals surface area (Å²) >= 11 is 6.33. The predicted molar refractivity (Wildman–Crippen MR) is 103 cm³/mol. The molecule has 8 nitrogen and oxygen atoms in total. The molecule has 0 amide bonds. The molecule has 1 aromatic carbocycles. The van der Waals surface area contributed by atoms with Crippen molar-refractivity contribution in [2.24, 2.45) is 0 Å². The predicted octanol–water partition coefficient (Wildman–Crippen LogP) is 4.14. The number of aromatic nitrogens is 6. The lowest BCUT2D eigenvalue weighted by Gasteiger charge is -2.10. The maximum absolute atomic E-state index is 13.1. The molecule has 0 saturated heterocycles. The Hall–Kier alpha value is -3.05. The van der Waals surface area contributed by atoms with Crippen molar-refractivity contribution in [2.45, 2.75) is 12.7 Å². The summed E-state index contributed by atoms with van der Waals surface area (Å²) in [5.74, 6) is -0.869. The first kappa shape index (κ1) is 20.2. The highest BCUT2D eigenvalue weighted by Crippen LogP contribution is 2.43. The van der Waals surface area contributed by atoms with Crippen LogP contribution in [-0.2, 0) is 17.5 Å². The number of H-pyrrole nitrogens is 2. The molecular formula is C18H16ClF3N6O2. The lowest BCUT2D eigenvalue weighted by molar-refractivity contribution is -0.144. The average molecular weight is 441 g/mol. The van der Waals surface area contributed by atoms with E-state index in [-0.39, 0.29) is 5.82 Å². The highest BCUT2D eigenvalue weighted by atomic mass is 35.5. The van der Waals surface area contributed by atoms with Gasteiger partial charge in [0, 0.05) is 36.4 Å². The quantitative estimate of drug-likeness (QED) is 0.470. The molecule has 2 N–H and O–H groups in total. The van der Waals surface area contributed by atoms with E-state index >= 15 is 0 Å². The molecule has 0 atom stereocenters. The number of aromatic amines is 2. The molecule has 0 aliphatic carbocycles. The zero-order chi connectivity index (χ0) is 21.5. The molecule has 12 heteroatoms. The highest BCUT2D eigenvalue weighted by molar-refractivity contribution is 6.33. The number of hydrogen-bond acceptors (Lipinski definition) is 5. The van der Waals surface area contributed by atoms with Crippen LogP contribution in [0.15, 0.2) is 24.5 Å². The topological polar surface area (TPSA) is 93.6 Å². The van der Waals surface area contributed by atoms with E-state index in [1.807, 2.05) is 5.10 Å². The minimum Gasteiger partial charge on any atom is -0.495 e. The molecule has 0 saturated carbocycles. The smallest absolute Gasteiger partial charge is 0.451 e. The standard InChI is InChI=1S/C18H16ClF3N6O2/c1-29-4-3-28-12-6-11(19)13(30-2)5-10(12)14(9-7-23-24-8-9)15(28)16-25-17(27-26-16)18(20,21)22/h5-8H,3-4H2,1-2H3,(H,23,24)(H,25,26,27). The van der Waals surface area contributed by atoms with E-state index in [1.165, 1.54) is 14.2 Å². The van der Waals surface area contributed by atoms with Crippen LogP contribution in [0.2, 0.25) is 5.02 Å². The van der Waals surface area contributed by atoms with E-state index in [0.717, 1.165) is 0 Å². The zero-order valence-corrected chi connectivity index (χ0v) is 16.6. The van der Waals surface area contributed by atoms with Crippen molar-refractivity contribution >= 4 is 22.5 Å². The van der Waals surface area contributed by atoms with E-state index in [1.54, 1.807) is 29.1 Å². The fourth-order valence-electron chi connectivity index (χ4n) is 3.33. The monoisotopic (exact) mass is 440 g/mol. The maximum atomic E-state index is 13.1. The number of fused-ring (bicyclic) bond motifs is 1. The highest BCUT2D eigenvalue weighted by Gasteiger charge is 2.36. The van der Waals surface area contributed by atoms with Crippen LogP contribution in [0.3, 0.4) is 0 Å². The molecule has 4 rings (SSSR count). The van der Waals surface area contributed by atoms with Crippen LogP contribution in [0.1, 0.15) is 5.82 Å². The number of halogens is 4. The third-order valence-corrected chi connectivity index (χ3v) is 4.90. The second kappa shape index (κ2) is 7.65. The molecule has 0 spiro atoms. The second-order valence-corrected chi connectivity index (χ2v) is 6.77. The first-order valence-corrected chi connectivity index (χ1v) is 9.10. The van der Waals surface area contributed by atoms with Gasteiger partial charge < -0.3 is 14.0 Å². The number of alkyl halides is 3. The fourth-order valence-corrected chi connectivity index (χ4v) is 3.56. The maximum Gasteiger partial charge on any atom is 0.451 e. The van der Waals surface area contributed by atoms with Crippen LogP contribution in [0.5, 0.6) is 5.75 Å². The molecule has 3 heterocycles. The summed E-state index contributed by atoms with van der Waals surface area (Å²) in [5.41, 5.74) is 2.29. The Kier molecular flexibility index (Phi) is 5.16. The Labute approximate surface area is 173 Å². The van der Waals surface area contributed by atoms with Crippen molar-refractivity contribution in [1.29, 1.82) is 0 Å². The third-order valence-electron chi connectivity index (χ3n) is 4.61. The average Bonchev–Trinajstić information content (AvgIpc) is 3.43. The molecule has 0 fully saturated rings. The molecule has 30 heavy (non-hydrogen) atoms. The van der Waals surface area contributed by atoms with Crippen LogP contribution >= 0.6 is 11.6 Å². The molecule has 0 radical (unpaired) electrons. The van der Waals surface area contributed by atoms with Crippen LogP contribution in [0.25, 0.3) is 33.5 Å². The number of methoxy groups -OCH3 is 2. The molecule has 0 aliphatic rings. The summed E-state index contributed by atoms with van der Waals surface area (Å²) in [6, 6.07) is 3.42. The van der Waals surface area contributed by atoms with Crippen molar-refractivity contribution in [3.8, 4) is 28.4 Å². The number of nitrogens with zero attached hydrogens (tertiary/aromatic N) is 4. The first-order chi connectivity index (χ1) is 14.3. The number of ether oxygens (including phenoxy) is 2. The van der Waals surface area contributed by atoms with Gasteiger partial charge >= 0.3 is 6.18 Å². The zero-order valence-electron chi connectivity index (χ0n) is 15.8. The van der Waals surface area contributed by atoms with Crippen LogP contribution in [0, 0.1) is 0 Å². The van der Waals surface area contributed by atoms with Gasteiger partial charge in [0.25, 0.3) is 0 Å². The summed E-state index contributed by atoms with van der Waals surface area (Å²) in [6.45, 7) is 0.639. The van der Waals surface area contributed by atoms with Gasteiger partial charge in [-0.15, -0.1) is 0 Å². The van der Waals surface area contributed by atoms with Crippen LogP contribution < -0.4 is 4.74 Å². The Morgan fingerprint density at radius 2 is 2.03 bits per heavy atom. The number of rotatable bonds is 6. The van der Waals surface area contributed by atoms with Gasteiger partial charge in [-0.3, -0.25) is 10.2 Å². The molecule has 158 valence electrons. The van der Waals surface area contributed by atoms with E-state index in [0.29, 0.717) is 51.6 Å². The SMILES string of the molecule is COCCn1c(-c2n[nH]c(C(F)(F)F)n2)c(-c2cn[nH]c2)c2cc(OC)c(Cl)cc21. The lowest BCUT2D eigenvalue weighted by Crippen LogP contribution is -2.08. The molecule has 0 aliphatic heterocycles. The van der Waals surface area contributed by atoms with Gasteiger partial charge in [0.15, 0.2) is 5.82 Å². The number of hydrogen-bond donors (Lipinski definition) is 2. The Balaban J connectivity index is 2.08. The molecule has 0 unspecified atom stereocenters. The minimum absolute atomic E-state index is 0.110. The van der Waals surface area contributed by atoms with Crippen LogP contribution in [0.4, 0.5) is 13.2 Å². The second-order valence-electron chi connectivity index (χ2n) is 6.36. The summed E-state index contributed by atoms with van der Waals surface area (Å²) in [4.78, 5) is 3.70. The molecular weight excluding hydrogens is 425 g/mol. The van der Waals surface area contributed by atoms with E-state index in [4.69, 9.17) is 21.1 Å². The van der Waals surface area contributed by atoms with E-state index < -0.39 is 12.0 Å². The van der Waals surface area contributed by atoms with Crippen molar-refractivity contribution in [1.82, 2.24) is 29.9 Å². The minimum atomic E-state index is -4.66. The fraction of sp³-hybridized carbons (Fsp3) is 0.278. The summed E-state index contributed by atoms with van der Waals surface area (Å²) < 4.78 is 51.7. The largest absolute Gasteiger partial charge is 0.495 e. The van der Waals surface area contributed by atoms with Crippen molar-refractivity contribution in [3.63, 3.8) is 0 Å². The van der Waals surface area contributed by atoms with Gasteiger partial charge in [-0.1, -0.05) is 11.6 Å². The normalized spacial score (nSPS) is 12.1. The summed E-state index contributed by atoms with van der Waals surface area (Å²) in [5, 5.41) is 13.6. The van der Waals surface area contributed by atoms with Gasteiger partial charge in [0.1, 0.15) is 5.75 Å². The Morgan fingerprint density at radius 1 is 1.23 bits per heavy atom. The van der Waals surface area contributed by atoms with Gasteiger partial charge in [0.2, 0.25) is 5.82 Å². The van der Waals surface area contributed by atoms with Crippen molar-refractivity contribution < 1.29 is 22.6 Å². The third kappa shape index (κ3) is 3.39. The van der Waals surface area contributed by atoms with Crippen molar-refractivity contribution in [3.05, 3.63) is 35.4 Å². The lowest BCUT2D eigenvalue weighted by atomic mass is 10.0. The Morgan fingerprint density at radius 3 is 2.63 bits per heavy atom. The summed E-state index contributed by atoms with van der Waals surface area (Å²) in [7, 11) is 3.02. The molecule has 3 aromatic heterocycles. The number of benzene rings is 1. The van der Waals surface area contributed by atoms with Crippen molar-refractivity contribution in [2.75, 3.05) is 20.8 Å². The Bertz CT molecular complexity index is 1180. The van der Waals surface area contributed by atoms with E-state index in [9.17, 15) is 13.2 Å². The van der Waals surface area contributed by atoms with Gasteiger partial charge in [-0.05, 0) is 12.1 Å². The van der Waals surface area contributed by atoms with E-state index in [2.05, 4.69) is 20.3 Å².